The molecular formula is C12H14ClNO4. The van der Waals surface area contributed by atoms with E-state index in [1.165, 1.54) is 0 Å². The molecule has 3 atom stereocenters. The van der Waals surface area contributed by atoms with Crippen LogP contribution in [0.5, 0.6) is 0 Å². The summed E-state index contributed by atoms with van der Waals surface area (Å²) in [6.07, 6.45) is -0.919. The summed E-state index contributed by atoms with van der Waals surface area (Å²) in [6.45, 7) is 7.01. The van der Waals surface area contributed by atoms with Gasteiger partial charge < -0.3 is 9.84 Å². The Morgan fingerprint density at radius 1 is 1.61 bits per heavy atom. The molecule has 0 saturated heterocycles. The lowest BCUT2D eigenvalue weighted by Crippen LogP contribution is -2.25. The molecule has 0 amide bonds. The number of alkyl halides is 1. The van der Waals surface area contributed by atoms with E-state index in [2.05, 4.69) is 6.58 Å². The van der Waals surface area contributed by atoms with Crippen LogP contribution in [-0.2, 0) is 14.3 Å². The van der Waals surface area contributed by atoms with Crippen LogP contribution in [0.15, 0.2) is 12.2 Å². The number of rotatable bonds is 5. The van der Waals surface area contributed by atoms with Crippen molar-refractivity contribution in [3.8, 4) is 6.07 Å². The number of carbonyl (C=O) groups is 2. The van der Waals surface area contributed by atoms with Crippen molar-refractivity contribution in [3.05, 3.63) is 12.2 Å². The maximum Gasteiger partial charge on any atom is 0.321 e. The van der Waals surface area contributed by atoms with Crippen LogP contribution in [0.4, 0.5) is 0 Å². The zero-order valence-corrected chi connectivity index (χ0v) is 10.9. The first-order valence-electron chi connectivity index (χ1n) is 5.34. The monoisotopic (exact) mass is 271 g/mol. The van der Waals surface area contributed by atoms with Crippen LogP contribution >= 0.6 is 11.6 Å². The van der Waals surface area contributed by atoms with Crippen molar-refractivity contribution >= 4 is 23.5 Å². The van der Waals surface area contributed by atoms with Crippen molar-refractivity contribution in [2.75, 3.05) is 5.88 Å². The minimum absolute atomic E-state index is 0.0373. The van der Waals surface area contributed by atoms with Gasteiger partial charge in [-0.05, 0) is 5.41 Å². The van der Waals surface area contributed by atoms with Gasteiger partial charge in [0.25, 0.3) is 0 Å². The van der Waals surface area contributed by atoms with Crippen molar-refractivity contribution < 1.29 is 19.4 Å². The zero-order chi connectivity index (χ0) is 14.1. The van der Waals surface area contributed by atoms with Crippen LogP contribution in [-0.4, -0.2) is 29.0 Å². The average Bonchev–Trinajstić information content (AvgIpc) is 2.87. The number of halogens is 1. The smallest absolute Gasteiger partial charge is 0.321 e. The summed E-state index contributed by atoms with van der Waals surface area (Å²) in [5, 5.41) is 17.9. The SMILES string of the molecule is C=C(C#N)C(OC(=O)CCl)C1C(C(=O)O)C1(C)C. The predicted octanol–water partition coefficient (Wildman–Crippen LogP) is 1.57. The Morgan fingerprint density at radius 2 is 2.17 bits per heavy atom. The first kappa shape index (κ1) is 14.5. The molecule has 0 aromatic rings. The Hall–Kier alpha value is -1.54. The van der Waals surface area contributed by atoms with Gasteiger partial charge in [-0.15, -0.1) is 11.6 Å². The van der Waals surface area contributed by atoms with E-state index in [-0.39, 0.29) is 11.5 Å². The highest BCUT2D eigenvalue weighted by Gasteiger charge is 2.66. The molecule has 1 fully saturated rings. The molecule has 0 radical (unpaired) electrons. The van der Waals surface area contributed by atoms with Gasteiger partial charge in [0.1, 0.15) is 12.0 Å². The molecule has 98 valence electrons. The molecule has 0 aromatic carbocycles. The van der Waals surface area contributed by atoms with Crippen molar-refractivity contribution in [2.24, 2.45) is 17.3 Å². The molecule has 1 rings (SSSR count). The van der Waals surface area contributed by atoms with Gasteiger partial charge in [-0.2, -0.15) is 5.26 Å². The zero-order valence-electron chi connectivity index (χ0n) is 10.1. The van der Waals surface area contributed by atoms with Crippen molar-refractivity contribution in [1.82, 2.24) is 0 Å². The molecule has 1 aliphatic carbocycles. The molecule has 1 N–H and O–H groups in total. The summed E-state index contributed by atoms with van der Waals surface area (Å²) in [7, 11) is 0. The summed E-state index contributed by atoms with van der Waals surface area (Å²) < 4.78 is 5.04. The number of carboxylic acid groups (broad SMARTS) is 1. The lowest BCUT2D eigenvalue weighted by Gasteiger charge is -2.17. The molecule has 5 nitrogen and oxygen atoms in total. The molecule has 3 unspecified atom stereocenters. The van der Waals surface area contributed by atoms with Gasteiger partial charge in [0, 0.05) is 5.92 Å². The van der Waals surface area contributed by atoms with Crippen LogP contribution in [0.25, 0.3) is 0 Å². The van der Waals surface area contributed by atoms with Gasteiger partial charge in [0.2, 0.25) is 0 Å². The first-order chi connectivity index (χ1) is 8.27. The molecule has 1 saturated carbocycles. The molecule has 18 heavy (non-hydrogen) atoms. The number of hydrogen-bond acceptors (Lipinski definition) is 4. The predicted molar refractivity (Wildman–Crippen MR) is 63.7 cm³/mol. The second-order valence-corrected chi connectivity index (χ2v) is 5.11. The maximum absolute atomic E-state index is 11.2. The highest BCUT2D eigenvalue weighted by Crippen LogP contribution is 2.61. The normalized spacial score (nSPS) is 25.7. The van der Waals surface area contributed by atoms with E-state index in [4.69, 9.17) is 26.7 Å². The van der Waals surface area contributed by atoms with Crippen LogP contribution in [0.3, 0.4) is 0 Å². The molecule has 0 bridgehead atoms. The maximum atomic E-state index is 11.2. The van der Waals surface area contributed by atoms with E-state index >= 15 is 0 Å². The third-order valence-electron chi connectivity index (χ3n) is 3.36. The Morgan fingerprint density at radius 3 is 2.50 bits per heavy atom. The number of nitriles is 1. The highest BCUT2D eigenvalue weighted by atomic mass is 35.5. The van der Waals surface area contributed by atoms with Crippen LogP contribution in [0, 0.1) is 28.6 Å². The molecule has 0 heterocycles. The Labute approximate surface area is 110 Å². The van der Waals surface area contributed by atoms with Gasteiger partial charge in [0.05, 0.1) is 17.6 Å². The number of aliphatic carboxylic acids is 1. The largest absolute Gasteiger partial charge is 0.481 e. The second kappa shape index (κ2) is 4.99. The minimum atomic E-state index is -0.970. The topological polar surface area (TPSA) is 87.4 Å². The number of ether oxygens (including phenoxy) is 1. The Kier molecular flexibility index (Phi) is 4.02. The van der Waals surface area contributed by atoms with Gasteiger partial charge in [-0.25, -0.2) is 0 Å². The van der Waals surface area contributed by atoms with Gasteiger partial charge in [0.15, 0.2) is 0 Å². The first-order valence-corrected chi connectivity index (χ1v) is 5.88. The lowest BCUT2D eigenvalue weighted by molar-refractivity contribution is -0.147. The highest BCUT2D eigenvalue weighted by molar-refractivity contribution is 6.26. The fraction of sp³-hybridized carbons (Fsp3) is 0.583. The summed E-state index contributed by atoms with van der Waals surface area (Å²) in [5.74, 6) is -3.11. The minimum Gasteiger partial charge on any atom is -0.481 e. The van der Waals surface area contributed by atoms with E-state index in [1.807, 2.05) is 0 Å². The summed E-state index contributed by atoms with van der Waals surface area (Å²) in [5.41, 5.74) is -0.501. The Bertz CT molecular complexity index is 438. The number of esters is 1. The van der Waals surface area contributed by atoms with Crippen molar-refractivity contribution in [2.45, 2.75) is 20.0 Å². The second-order valence-electron chi connectivity index (χ2n) is 4.84. The molecule has 0 aliphatic heterocycles. The quantitative estimate of drug-likeness (QED) is 0.466. The molecule has 1 aliphatic rings. The van der Waals surface area contributed by atoms with E-state index in [0.717, 1.165) is 0 Å². The fourth-order valence-corrected chi connectivity index (χ4v) is 2.38. The van der Waals surface area contributed by atoms with E-state index < -0.39 is 35.3 Å². The van der Waals surface area contributed by atoms with E-state index in [1.54, 1.807) is 19.9 Å². The average molecular weight is 272 g/mol. The number of carboxylic acids is 1. The molecular weight excluding hydrogens is 258 g/mol. The Balaban J connectivity index is 2.93. The molecule has 0 aromatic heterocycles. The number of hydrogen-bond donors (Lipinski definition) is 1. The summed E-state index contributed by atoms with van der Waals surface area (Å²) >= 11 is 5.34. The third-order valence-corrected chi connectivity index (χ3v) is 3.58. The van der Waals surface area contributed by atoms with Gasteiger partial charge in [-0.1, -0.05) is 20.4 Å². The summed E-state index contributed by atoms with van der Waals surface area (Å²) in [4.78, 5) is 22.3. The van der Waals surface area contributed by atoms with Crippen LogP contribution in [0.2, 0.25) is 0 Å². The fourth-order valence-electron chi connectivity index (χ4n) is 2.31. The van der Waals surface area contributed by atoms with Crippen molar-refractivity contribution in [3.63, 3.8) is 0 Å². The third kappa shape index (κ3) is 2.49. The number of carbonyl (C=O) groups excluding carboxylic acids is 1. The standard InChI is InChI=1S/C12H14ClNO4/c1-6(5-14)10(18-7(15)4-13)8-9(11(16)17)12(8,2)3/h8-10H,1,4H2,2-3H3,(H,16,17). The van der Waals surface area contributed by atoms with Crippen LogP contribution < -0.4 is 0 Å². The van der Waals surface area contributed by atoms with E-state index in [0.29, 0.717) is 0 Å². The molecule has 6 heteroatoms. The van der Waals surface area contributed by atoms with Crippen LogP contribution in [0.1, 0.15) is 13.8 Å². The van der Waals surface area contributed by atoms with Gasteiger partial charge >= 0.3 is 11.9 Å². The number of nitrogens with zero attached hydrogens (tertiary/aromatic N) is 1. The summed E-state index contributed by atoms with van der Waals surface area (Å²) in [6, 6.07) is 1.81. The lowest BCUT2D eigenvalue weighted by atomic mass is 10.0. The van der Waals surface area contributed by atoms with Gasteiger partial charge in [-0.3, -0.25) is 9.59 Å². The molecule has 0 spiro atoms. The van der Waals surface area contributed by atoms with Crippen molar-refractivity contribution in [1.29, 1.82) is 5.26 Å². The van der Waals surface area contributed by atoms with E-state index in [9.17, 15) is 9.59 Å².